The highest BCUT2D eigenvalue weighted by Crippen LogP contribution is 2.65. The molecule has 33 heavy (non-hydrogen) atoms. The van der Waals surface area contributed by atoms with Gasteiger partial charge in [-0.1, -0.05) is 46.3 Å². The van der Waals surface area contributed by atoms with E-state index in [4.69, 9.17) is 4.74 Å². The molecule has 5 aliphatic rings. The van der Waals surface area contributed by atoms with Crippen LogP contribution in [0.2, 0.25) is 0 Å². The first-order valence-electron chi connectivity index (χ1n) is 11.1. The minimum atomic E-state index is -0.679. The molecule has 166 valence electrons. The smallest absolute Gasteiger partial charge is 0.338 e. The lowest BCUT2D eigenvalue weighted by Crippen LogP contribution is -2.40. The SMILES string of the molecule is O=C(COC(=O)c1cccc(N2C(=O)[C@@H]3[C@H]4C=C[C@@H]([C@@H]5C[C@H]45)[C@H]3C2=O)c1)c1ccc(Br)cc1. The van der Waals surface area contributed by atoms with Crippen molar-refractivity contribution in [1.29, 1.82) is 0 Å². The van der Waals surface area contributed by atoms with E-state index in [1.165, 1.54) is 11.0 Å². The van der Waals surface area contributed by atoms with Gasteiger partial charge in [0.05, 0.1) is 23.1 Å². The van der Waals surface area contributed by atoms with Crippen LogP contribution in [0.25, 0.3) is 0 Å². The van der Waals surface area contributed by atoms with Crippen molar-refractivity contribution >= 4 is 45.2 Å². The van der Waals surface area contributed by atoms with Crippen LogP contribution in [0.3, 0.4) is 0 Å². The third kappa shape index (κ3) is 3.21. The number of carbonyl (C=O) groups excluding carboxylic acids is 4. The zero-order valence-electron chi connectivity index (χ0n) is 17.5. The lowest BCUT2D eigenvalue weighted by Gasteiger charge is -2.37. The van der Waals surface area contributed by atoms with E-state index in [1.54, 1.807) is 42.5 Å². The summed E-state index contributed by atoms with van der Waals surface area (Å²) < 4.78 is 6.05. The summed E-state index contributed by atoms with van der Waals surface area (Å²) in [4.78, 5) is 52.7. The summed E-state index contributed by atoms with van der Waals surface area (Å²) >= 11 is 3.31. The van der Waals surface area contributed by atoms with Crippen molar-refractivity contribution in [2.75, 3.05) is 11.5 Å². The topological polar surface area (TPSA) is 80.8 Å². The Balaban J connectivity index is 1.18. The number of hydrogen-bond donors (Lipinski definition) is 0. The summed E-state index contributed by atoms with van der Waals surface area (Å²) in [7, 11) is 0. The molecule has 1 aliphatic heterocycles. The first-order chi connectivity index (χ1) is 15.9. The number of carbonyl (C=O) groups is 4. The summed E-state index contributed by atoms with van der Waals surface area (Å²) in [6, 6.07) is 13.1. The fourth-order valence-corrected chi connectivity index (χ4v) is 6.18. The minimum Gasteiger partial charge on any atom is -0.454 e. The molecule has 0 spiro atoms. The van der Waals surface area contributed by atoms with Crippen LogP contribution in [-0.2, 0) is 14.3 Å². The van der Waals surface area contributed by atoms with Crippen molar-refractivity contribution in [3.05, 3.63) is 76.3 Å². The van der Waals surface area contributed by atoms with Gasteiger partial charge in [-0.3, -0.25) is 14.4 Å². The Hall–Kier alpha value is -3.06. The van der Waals surface area contributed by atoms with Crippen LogP contribution in [0, 0.1) is 35.5 Å². The maximum absolute atomic E-state index is 13.3. The average Bonchev–Trinajstić information content (AvgIpc) is 3.61. The maximum atomic E-state index is 13.3. The first kappa shape index (κ1) is 20.5. The van der Waals surface area contributed by atoms with Gasteiger partial charge in [-0.05, 0) is 60.4 Å². The van der Waals surface area contributed by atoms with Gasteiger partial charge in [0.25, 0.3) is 0 Å². The summed E-state index contributed by atoms with van der Waals surface area (Å²) in [6.07, 6.45) is 5.37. The molecule has 0 unspecified atom stereocenters. The maximum Gasteiger partial charge on any atom is 0.338 e. The number of ether oxygens (including phenoxy) is 1. The number of benzene rings is 2. The van der Waals surface area contributed by atoms with Crippen molar-refractivity contribution < 1.29 is 23.9 Å². The van der Waals surface area contributed by atoms with Crippen molar-refractivity contribution in [3.8, 4) is 0 Å². The number of allylic oxidation sites excluding steroid dienone is 2. The van der Waals surface area contributed by atoms with Crippen LogP contribution >= 0.6 is 15.9 Å². The Morgan fingerprint density at radius 3 is 2.18 bits per heavy atom. The van der Waals surface area contributed by atoms with E-state index in [-0.39, 0.29) is 46.8 Å². The number of imide groups is 1. The third-order valence-corrected chi connectivity index (χ3v) is 8.03. The Morgan fingerprint density at radius 2 is 1.55 bits per heavy atom. The van der Waals surface area contributed by atoms with Gasteiger partial charge in [0.2, 0.25) is 11.8 Å². The molecule has 4 aliphatic carbocycles. The van der Waals surface area contributed by atoms with Gasteiger partial charge in [-0.2, -0.15) is 0 Å². The molecule has 2 bridgehead atoms. The molecule has 3 fully saturated rings. The van der Waals surface area contributed by atoms with Crippen LogP contribution in [0.4, 0.5) is 5.69 Å². The van der Waals surface area contributed by atoms with E-state index >= 15 is 0 Å². The first-order valence-corrected chi connectivity index (χ1v) is 11.9. The molecule has 7 heteroatoms. The standard InChI is InChI=1S/C26H20BrNO5/c27-15-6-4-13(5-7-15)21(29)12-33-26(32)14-2-1-3-16(10-14)28-24(30)22-17-8-9-18(20-11-19(17)20)23(22)25(28)31/h1-10,17-20,22-23H,11-12H2/t17-,18-,19-,20+,22+,23+/m0/s1. The van der Waals surface area contributed by atoms with E-state index in [0.29, 0.717) is 23.1 Å². The fraction of sp³-hybridized carbons (Fsp3) is 0.308. The number of esters is 1. The average molecular weight is 506 g/mol. The third-order valence-electron chi connectivity index (χ3n) is 7.50. The molecule has 6 atom stereocenters. The number of halogens is 1. The largest absolute Gasteiger partial charge is 0.454 e. The predicted molar refractivity (Wildman–Crippen MR) is 122 cm³/mol. The monoisotopic (exact) mass is 505 g/mol. The van der Waals surface area contributed by atoms with Crippen molar-refractivity contribution in [3.63, 3.8) is 0 Å². The molecule has 7 rings (SSSR count). The molecule has 6 nitrogen and oxygen atoms in total. The van der Waals surface area contributed by atoms with E-state index in [0.717, 1.165) is 10.9 Å². The second-order valence-corrected chi connectivity index (χ2v) is 10.1. The van der Waals surface area contributed by atoms with Gasteiger partial charge in [0.1, 0.15) is 0 Å². The van der Waals surface area contributed by atoms with Crippen LogP contribution < -0.4 is 4.90 Å². The predicted octanol–water partition coefficient (Wildman–Crippen LogP) is 4.05. The van der Waals surface area contributed by atoms with Crippen LogP contribution in [0.1, 0.15) is 27.1 Å². The van der Waals surface area contributed by atoms with E-state index in [1.807, 2.05) is 0 Å². The molecule has 2 aromatic rings. The lowest BCUT2D eigenvalue weighted by molar-refractivity contribution is -0.124. The van der Waals surface area contributed by atoms with Crippen molar-refractivity contribution in [1.82, 2.24) is 0 Å². The Labute approximate surface area is 198 Å². The van der Waals surface area contributed by atoms with E-state index in [2.05, 4.69) is 28.1 Å². The number of nitrogens with zero attached hydrogens (tertiary/aromatic N) is 1. The zero-order chi connectivity index (χ0) is 22.9. The van der Waals surface area contributed by atoms with Crippen molar-refractivity contribution in [2.24, 2.45) is 35.5 Å². The summed E-state index contributed by atoms with van der Waals surface area (Å²) in [5.41, 5.74) is 1.01. The van der Waals surface area contributed by atoms with Gasteiger partial charge in [-0.15, -0.1) is 0 Å². The Bertz CT molecular complexity index is 1200. The number of Topliss-reactive ketones (excluding diaryl/α,β-unsaturated/α-hetero) is 1. The van der Waals surface area contributed by atoms with Crippen LogP contribution in [-0.4, -0.2) is 30.2 Å². The molecule has 0 aromatic heterocycles. The molecule has 1 saturated heterocycles. The second-order valence-electron chi connectivity index (χ2n) is 9.22. The number of rotatable bonds is 5. The quantitative estimate of drug-likeness (QED) is 0.265. The molecule has 0 radical (unpaired) electrons. The van der Waals surface area contributed by atoms with Crippen LogP contribution in [0.15, 0.2) is 65.2 Å². The van der Waals surface area contributed by atoms with Gasteiger partial charge < -0.3 is 4.74 Å². The number of amides is 2. The van der Waals surface area contributed by atoms with Gasteiger partial charge in [0, 0.05) is 10.0 Å². The fourth-order valence-electron chi connectivity index (χ4n) is 5.92. The normalized spacial score (nSPS) is 30.8. The highest BCUT2D eigenvalue weighted by Gasteiger charge is 2.67. The highest BCUT2D eigenvalue weighted by molar-refractivity contribution is 9.10. The number of anilines is 1. The number of hydrogen-bond acceptors (Lipinski definition) is 5. The summed E-state index contributed by atoms with van der Waals surface area (Å²) in [5, 5.41) is 0. The van der Waals surface area contributed by atoms with E-state index < -0.39 is 12.6 Å². The molecule has 1 heterocycles. The molecule has 2 amide bonds. The zero-order valence-corrected chi connectivity index (χ0v) is 19.1. The summed E-state index contributed by atoms with van der Waals surface area (Å²) in [6.45, 7) is -0.395. The molecular formula is C26H20BrNO5. The molecular weight excluding hydrogens is 486 g/mol. The van der Waals surface area contributed by atoms with Gasteiger partial charge >= 0.3 is 5.97 Å². The minimum absolute atomic E-state index is 0.143. The highest BCUT2D eigenvalue weighted by atomic mass is 79.9. The van der Waals surface area contributed by atoms with Crippen molar-refractivity contribution in [2.45, 2.75) is 6.42 Å². The Morgan fingerprint density at radius 1 is 0.909 bits per heavy atom. The lowest BCUT2D eigenvalue weighted by atomic mass is 9.63. The van der Waals surface area contributed by atoms with Gasteiger partial charge in [-0.25, -0.2) is 9.69 Å². The number of ketones is 1. The molecule has 2 aromatic carbocycles. The second kappa shape index (κ2) is 7.48. The van der Waals surface area contributed by atoms with Gasteiger partial charge in [0.15, 0.2) is 12.4 Å². The van der Waals surface area contributed by atoms with E-state index in [9.17, 15) is 19.2 Å². The Kier molecular flexibility index (Phi) is 4.66. The summed E-state index contributed by atoms with van der Waals surface area (Å²) in [5.74, 6) is -0.593. The molecule has 0 N–H and O–H groups in total. The van der Waals surface area contributed by atoms with Crippen LogP contribution in [0.5, 0.6) is 0 Å². The molecule has 2 saturated carbocycles.